The molecule has 0 aliphatic carbocycles. The van der Waals surface area contributed by atoms with Gasteiger partial charge in [-0.05, 0) is 51.9 Å². The van der Waals surface area contributed by atoms with Crippen LogP contribution in [0.25, 0.3) is 21.9 Å². The summed E-state index contributed by atoms with van der Waals surface area (Å²) < 4.78 is 28.1. The summed E-state index contributed by atoms with van der Waals surface area (Å²) in [7, 11) is 3.28. The van der Waals surface area contributed by atoms with Gasteiger partial charge in [0, 0.05) is 5.39 Å². The van der Waals surface area contributed by atoms with Crippen LogP contribution in [0.3, 0.4) is 0 Å². The van der Waals surface area contributed by atoms with Gasteiger partial charge < -0.3 is 23.7 Å². The highest BCUT2D eigenvalue weighted by Crippen LogP contribution is 2.48. The Morgan fingerprint density at radius 2 is 1.77 bits per heavy atom. The average Bonchev–Trinajstić information content (AvgIpc) is 3.34. The lowest BCUT2D eigenvalue weighted by Crippen LogP contribution is -1.96. The van der Waals surface area contributed by atoms with Gasteiger partial charge in [0.2, 0.25) is 6.79 Å². The highest BCUT2D eigenvalue weighted by molar-refractivity contribution is 6.05. The van der Waals surface area contributed by atoms with E-state index < -0.39 is 0 Å². The third-order valence-corrected chi connectivity index (χ3v) is 5.02. The first-order chi connectivity index (χ1) is 12.8. The zero-order valence-electron chi connectivity index (χ0n) is 14.6. The number of fused-ring (bicyclic) bond motifs is 4. The Kier molecular flexibility index (Phi) is 3.43. The van der Waals surface area contributed by atoms with Crippen molar-refractivity contribution in [2.24, 2.45) is 0 Å². The molecule has 0 unspecified atom stereocenters. The molecule has 0 aromatic heterocycles. The summed E-state index contributed by atoms with van der Waals surface area (Å²) in [5.41, 5.74) is 4.55. The molecule has 0 radical (unpaired) electrons. The summed E-state index contributed by atoms with van der Waals surface area (Å²) in [6, 6.07) is 12.2. The number of ether oxygens (including phenoxy) is 5. The molecule has 0 N–H and O–H groups in total. The maximum atomic E-state index is 5.82. The van der Waals surface area contributed by atoms with Gasteiger partial charge in [0.25, 0.3) is 0 Å². The van der Waals surface area contributed by atoms with Gasteiger partial charge >= 0.3 is 0 Å². The minimum Gasteiger partial charge on any atom is -0.493 e. The van der Waals surface area contributed by atoms with Gasteiger partial charge in [-0.25, -0.2) is 0 Å². The van der Waals surface area contributed by atoms with Crippen LogP contribution in [0, 0.1) is 0 Å². The Hall–Kier alpha value is -2.92. The highest BCUT2D eigenvalue weighted by atomic mass is 16.7. The SMILES string of the molecule is COc1ccc(-c2c3c(cc4ccc5c(c24)OCO5)COC3)cc1OC. The van der Waals surface area contributed by atoms with E-state index in [4.69, 9.17) is 23.7 Å². The Labute approximate surface area is 151 Å². The van der Waals surface area contributed by atoms with E-state index in [1.165, 1.54) is 11.1 Å². The number of hydrogen-bond donors (Lipinski definition) is 0. The molecule has 5 heteroatoms. The maximum absolute atomic E-state index is 5.82. The molecule has 5 nitrogen and oxygen atoms in total. The zero-order chi connectivity index (χ0) is 17.7. The largest absolute Gasteiger partial charge is 0.493 e. The second-order valence-corrected chi connectivity index (χ2v) is 6.35. The highest BCUT2D eigenvalue weighted by Gasteiger charge is 2.26. The molecule has 3 aromatic carbocycles. The third-order valence-electron chi connectivity index (χ3n) is 5.02. The van der Waals surface area contributed by atoms with Gasteiger partial charge in [0.1, 0.15) is 0 Å². The molecule has 0 amide bonds. The van der Waals surface area contributed by atoms with Crippen molar-refractivity contribution in [2.75, 3.05) is 21.0 Å². The van der Waals surface area contributed by atoms with E-state index in [0.29, 0.717) is 24.7 Å². The first-order valence-electron chi connectivity index (χ1n) is 8.47. The van der Waals surface area contributed by atoms with Crippen LogP contribution < -0.4 is 18.9 Å². The maximum Gasteiger partial charge on any atom is 0.231 e. The molecule has 0 saturated heterocycles. The molecule has 132 valence electrons. The van der Waals surface area contributed by atoms with Gasteiger partial charge in [-0.2, -0.15) is 0 Å². The van der Waals surface area contributed by atoms with E-state index in [1.807, 2.05) is 24.3 Å². The summed E-state index contributed by atoms with van der Waals surface area (Å²) in [6.45, 7) is 1.45. The topological polar surface area (TPSA) is 46.2 Å². The lowest BCUT2D eigenvalue weighted by atomic mass is 9.90. The van der Waals surface area contributed by atoms with E-state index in [2.05, 4.69) is 12.1 Å². The summed E-state index contributed by atoms with van der Waals surface area (Å²) >= 11 is 0. The summed E-state index contributed by atoms with van der Waals surface area (Å²) in [6.07, 6.45) is 0. The van der Waals surface area contributed by atoms with Crippen LogP contribution >= 0.6 is 0 Å². The molecule has 26 heavy (non-hydrogen) atoms. The zero-order valence-corrected chi connectivity index (χ0v) is 14.6. The molecule has 0 fully saturated rings. The van der Waals surface area contributed by atoms with Crippen molar-refractivity contribution in [3.63, 3.8) is 0 Å². The van der Waals surface area contributed by atoms with E-state index in [0.717, 1.165) is 33.4 Å². The van der Waals surface area contributed by atoms with Crippen molar-refractivity contribution >= 4 is 10.8 Å². The molecule has 2 aliphatic heterocycles. The Morgan fingerprint density at radius 1 is 0.885 bits per heavy atom. The quantitative estimate of drug-likeness (QED) is 0.705. The predicted octanol–water partition coefficient (Wildman–Crippen LogP) is 4.28. The summed E-state index contributed by atoms with van der Waals surface area (Å²) in [5.74, 6) is 2.97. The number of rotatable bonds is 3. The van der Waals surface area contributed by atoms with Crippen LogP contribution in [-0.4, -0.2) is 21.0 Å². The van der Waals surface area contributed by atoms with Gasteiger partial charge in [-0.15, -0.1) is 0 Å². The molecule has 2 aliphatic rings. The molecular weight excluding hydrogens is 332 g/mol. The van der Waals surface area contributed by atoms with Crippen LogP contribution in [0.4, 0.5) is 0 Å². The van der Waals surface area contributed by atoms with Crippen LogP contribution in [0.2, 0.25) is 0 Å². The average molecular weight is 350 g/mol. The van der Waals surface area contributed by atoms with Crippen molar-refractivity contribution in [1.82, 2.24) is 0 Å². The second kappa shape index (κ2) is 5.81. The van der Waals surface area contributed by atoms with E-state index >= 15 is 0 Å². The fourth-order valence-electron chi connectivity index (χ4n) is 3.82. The lowest BCUT2D eigenvalue weighted by molar-refractivity contribution is 0.134. The molecule has 0 atom stereocenters. The fourth-order valence-corrected chi connectivity index (χ4v) is 3.82. The van der Waals surface area contributed by atoms with E-state index in [9.17, 15) is 0 Å². The standard InChI is InChI=1S/C21H18O5/c1-22-16-5-3-13(8-18(16)23-2)19-15-10-24-9-14(15)7-12-4-6-17-21(20(12)19)26-11-25-17/h3-8H,9-11H2,1-2H3. The van der Waals surface area contributed by atoms with Crippen LogP contribution in [0.1, 0.15) is 11.1 Å². The molecule has 0 saturated carbocycles. The van der Waals surface area contributed by atoms with E-state index in [-0.39, 0.29) is 6.79 Å². The third kappa shape index (κ3) is 2.14. The van der Waals surface area contributed by atoms with Crippen molar-refractivity contribution < 1.29 is 23.7 Å². The first-order valence-corrected chi connectivity index (χ1v) is 8.47. The number of hydrogen-bond acceptors (Lipinski definition) is 5. The number of benzene rings is 3. The van der Waals surface area contributed by atoms with Crippen molar-refractivity contribution in [3.05, 3.63) is 47.5 Å². The lowest BCUT2D eigenvalue weighted by Gasteiger charge is -2.16. The van der Waals surface area contributed by atoms with Crippen LogP contribution in [-0.2, 0) is 18.0 Å². The number of methoxy groups -OCH3 is 2. The van der Waals surface area contributed by atoms with Crippen LogP contribution in [0.15, 0.2) is 36.4 Å². The minimum atomic E-state index is 0.243. The van der Waals surface area contributed by atoms with Gasteiger partial charge in [0.15, 0.2) is 23.0 Å². The van der Waals surface area contributed by atoms with Crippen molar-refractivity contribution in [2.45, 2.75) is 13.2 Å². The Bertz CT molecular complexity index is 1020. The normalized spacial score (nSPS) is 14.5. The summed E-state index contributed by atoms with van der Waals surface area (Å²) in [4.78, 5) is 0. The van der Waals surface area contributed by atoms with Gasteiger partial charge in [0.05, 0.1) is 27.4 Å². The molecule has 5 rings (SSSR count). The Morgan fingerprint density at radius 3 is 2.62 bits per heavy atom. The van der Waals surface area contributed by atoms with Crippen molar-refractivity contribution in [1.29, 1.82) is 0 Å². The van der Waals surface area contributed by atoms with Crippen LogP contribution in [0.5, 0.6) is 23.0 Å². The molecule has 2 heterocycles. The summed E-state index contributed by atoms with van der Waals surface area (Å²) in [5, 5.41) is 2.17. The van der Waals surface area contributed by atoms with Gasteiger partial charge in [-0.3, -0.25) is 0 Å². The molecular formula is C21H18O5. The van der Waals surface area contributed by atoms with Gasteiger partial charge in [-0.1, -0.05) is 12.1 Å². The molecule has 0 bridgehead atoms. The van der Waals surface area contributed by atoms with Crippen molar-refractivity contribution in [3.8, 4) is 34.1 Å². The monoisotopic (exact) mass is 350 g/mol. The Balaban J connectivity index is 1.86. The molecule has 0 spiro atoms. The first kappa shape index (κ1) is 15.3. The predicted molar refractivity (Wildman–Crippen MR) is 97.1 cm³/mol. The van der Waals surface area contributed by atoms with E-state index in [1.54, 1.807) is 14.2 Å². The smallest absolute Gasteiger partial charge is 0.231 e. The minimum absolute atomic E-state index is 0.243. The second-order valence-electron chi connectivity index (χ2n) is 6.35. The fraction of sp³-hybridized carbons (Fsp3) is 0.238. The molecule has 3 aromatic rings.